The second-order valence-electron chi connectivity index (χ2n) is 11.4. The first kappa shape index (κ1) is 25.8. The molecule has 1 atom stereocenters. The largest absolute Gasteiger partial charge is 0.493 e. The lowest BCUT2D eigenvalue weighted by Crippen LogP contribution is -2.53. The van der Waals surface area contributed by atoms with E-state index < -0.39 is 11.5 Å². The van der Waals surface area contributed by atoms with Gasteiger partial charge in [0.15, 0.2) is 0 Å². The smallest absolute Gasteiger partial charge is 0.329 e. The van der Waals surface area contributed by atoms with Crippen molar-refractivity contribution in [3.63, 3.8) is 0 Å². The Morgan fingerprint density at radius 1 is 1.08 bits per heavy atom. The second-order valence-corrected chi connectivity index (χ2v) is 11.8. The summed E-state index contributed by atoms with van der Waals surface area (Å²) in [6.45, 7) is 2.77. The average Bonchev–Trinajstić information content (AvgIpc) is 3.46. The van der Waals surface area contributed by atoms with Crippen molar-refractivity contribution >= 4 is 34.2 Å². The lowest BCUT2D eigenvalue weighted by Gasteiger charge is -2.47. The number of H-pyrrole nitrogens is 1. The van der Waals surface area contributed by atoms with Gasteiger partial charge in [-0.3, -0.25) is 0 Å². The van der Waals surface area contributed by atoms with Crippen LogP contribution < -0.4 is 10.1 Å². The van der Waals surface area contributed by atoms with Crippen LogP contribution in [-0.4, -0.2) is 28.2 Å². The van der Waals surface area contributed by atoms with E-state index in [4.69, 9.17) is 16.3 Å². The molecule has 1 aromatic heterocycles. The lowest BCUT2D eigenvalue weighted by atomic mass is 9.60. The van der Waals surface area contributed by atoms with Crippen molar-refractivity contribution in [1.29, 1.82) is 0 Å². The number of rotatable bonds is 8. The molecule has 1 fully saturated rings. The van der Waals surface area contributed by atoms with Crippen LogP contribution in [0.2, 0.25) is 5.02 Å². The summed E-state index contributed by atoms with van der Waals surface area (Å²) in [6, 6.07) is 22.3. The molecule has 1 spiro atoms. The highest BCUT2D eigenvalue weighted by Gasteiger charge is 2.53. The molecule has 1 unspecified atom stereocenters. The molecule has 0 bridgehead atoms. The summed E-state index contributed by atoms with van der Waals surface area (Å²) in [5.74, 6) is 0.621. The van der Waals surface area contributed by atoms with E-state index in [0.717, 1.165) is 54.4 Å². The first-order chi connectivity index (χ1) is 18.9. The number of ether oxygens (including phenoxy) is 1. The van der Waals surface area contributed by atoms with Gasteiger partial charge in [0.2, 0.25) is 0 Å². The molecule has 1 heterocycles. The van der Waals surface area contributed by atoms with Crippen molar-refractivity contribution in [1.82, 2.24) is 4.98 Å². The van der Waals surface area contributed by atoms with E-state index in [2.05, 4.69) is 53.6 Å². The molecule has 202 valence electrons. The number of aromatic nitrogens is 1. The fraction of sp³-hybridized carbons (Fsp3) is 0.364. The maximum Gasteiger partial charge on any atom is 0.329 e. The Labute approximate surface area is 234 Å². The number of aromatic amines is 1. The number of benzene rings is 3. The average molecular weight is 543 g/mol. The minimum Gasteiger partial charge on any atom is -0.493 e. The molecule has 6 heteroatoms. The van der Waals surface area contributed by atoms with E-state index in [1.807, 2.05) is 24.4 Å². The Morgan fingerprint density at radius 2 is 1.87 bits per heavy atom. The molecule has 0 saturated heterocycles. The van der Waals surface area contributed by atoms with Crippen LogP contribution >= 0.6 is 11.6 Å². The minimum atomic E-state index is -0.992. The summed E-state index contributed by atoms with van der Waals surface area (Å²) in [6.07, 6.45) is 7.93. The van der Waals surface area contributed by atoms with Gasteiger partial charge < -0.3 is 20.1 Å². The molecule has 2 aliphatic carbocycles. The summed E-state index contributed by atoms with van der Waals surface area (Å²) in [5, 5.41) is 15.5. The van der Waals surface area contributed by atoms with Crippen molar-refractivity contribution in [2.24, 2.45) is 5.92 Å². The predicted molar refractivity (Wildman–Crippen MR) is 157 cm³/mol. The second kappa shape index (κ2) is 10.3. The number of hydrogen-bond donors (Lipinski definition) is 3. The van der Waals surface area contributed by atoms with Crippen LogP contribution in [0.25, 0.3) is 10.9 Å². The van der Waals surface area contributed by atoms with Crippen LogP contribution in [0.15, 0.2) is 72.9 Å². The number of anilines is 1. The number of fused-ring (bicyclic) bond motifs is 3. The van der Waals surface area contributed by atoms with Crippen molar-refractivity contribution in [2.75, 3.05) is 11.9 Å². The number of aryl methyl sites for hydroxylation is 1. The van der Waals surface area contributed by atoms with Gasteiger partial charge >= 0.3 is 5.97 Å². The summed E-state index contributed by atoms with van der Waals surface area (Å²) in [5.41, 5.74) is 4.91. The Hall–Kier alpha value is -3.44. The highest BCUT2D eigenvalue weighted by molar-refractivity contribution is 6.30. The van der Waals surface area contributed by atoms with Gasteiger partial charge in [0.05, 0.1) is 6.61 Å². The third-order valence-electron chi connectivity index (χ3n) is 9.23. The van der Waals surface area contributed by atoms with Crippen LogP contribution in [0.5, 0.6) is 5.75 Å². The predicted octanol–water partition coefficient (Wildman–Crippen LogP) is 7.91. The molecule has 2 aliphatic rings. The molecule has 6 rings (SSSR count). The van der Waals surface area contributed by atoms with Crippen LogP contribution in [0.3, 0.4) is 0 Å². The summed E-state index contributed by atoms with van der Waals surface area (Å²) in [4.78, 5) is 15.9. The Kier molecular flexibility index (Phi) is 6.80. The maximum atomic E-state index is 12.6. The van der Waals surface area contributed by atoms with Crippen molar-refractivity contribution < 1.29 is 14.6 Å². The Morgan fingerprint density at radius 3 is 2.67 bits per heavy atom. The van der Waals surface area contributed by atoms with Gasteiger partial charge in [-0.1, -0.05) is 48.0 Å². The highest BCUT2D eigenvalue weighted by Crippen LogP contribution is 2.55. The van der Waals surface area contributed by atoms with Gasteiger partial charge in [-0.05, 0) is 110 Å². The molecule has 3 aromatic carbocycles. The minimum absolute atomic E-state index is 0.00277. The number of aliphatic carboxylic acids is 1. The Bertz CT molecular complexity index is 1500. The van der Waals surface area contributed by atoms with Crippen molar-refractivity contribution in [2.45, 2.75) is 62.8 Å². The maximum absolute atomic E-state index is 12.6. The van der Waals surface area contributed by atoms with Gasteiger partial charge in [-0.25, -0.2) is 4.79 Å². The number of carboxylic acids is 1. The molecular formula is C33H35ClN2O3. The van der Waals surface area contributed by atoms with E-state index in [0.29, 0.717) is 30.4 Å². The molecule has 5 nitrogen and oxygen atoms in total. The van der Waals surface area contributed by atoms with Crippen LogP contribution in [0.4, 0.5) is 5.69 Å². The zero-order chi connectivity index (χ0) is 27.0. The number of carboxylic acid groups (broad SMARTS) is 1. The van der Waals surface area contributed by atoms with Gasteiger partial charge in [-0.15, -0.1) is 0 Å². The summed E-state index contributed by atoms with van der Waals surface area (Å²) in [7, 11) is 0. The fourth-order valence-corrected chi connectivity index (χ4v) is 7.42. The van der Waals surface area contributed by atoms with E-state index in [1.54, 1.807) is 12.1 Å². The van der Waals surface area contributed by atoms with E-state index >= 15 is 0 Å². The van der Waals surface area contributed by atoms with Gasteiger partial charge in [-0.2, -0.15) is 0 Å². The van der Waals surface area contributed by atoms with Gasteiger partial charge in [0, 0.05) is 27.8 Å². The SMILES string of the molecule is Cc1c[nH]c2cccc(OCCCC3Cc4ccccc4C34CCC(Nc3cccc(Cl)c3)(C(=O)O)CC4)c12. The third kappa shape index (κ3) is 4.67. The number of hydrogen-bond acceptors (Lipinski definition) is 3. The highest BCUT2D eigenvalue weighted by atomic mass is 35.5. The first-order valence-corrected chi connectivity index (χ1v) is 14.3. The number of carbonyl (C=O) groups is 1. The van der Waals surface area contributed by atoms with Crippen LogP contribution in [-0.2, 0) is 16.6 Å². The topological polar surface area (TPSA) is 74.3 Å². The van der Waals surface area contributed by atoms with Gasteiger partial charge in [0.25, 0.3) is 0 Å². The molecule has 3 N–H and O–H groups in total. The van der Waals surface area contributed by atoms with Crippen molar-refractivity contribution in [3.8, 4) is 5.75 Å². The standard InChI is InChI=1S/C33H35ClN2O3/c1-22-21-35-28-12-5-13-29(30(22)28)39-18-6-8-24-19-23-7-2-3-11-27(23)32(24)14-16-33(17-15-32,31(37)38)36-26-10-4-9-25(34)20-26/h2-5,7,9-13,20-21,24,35-36H,6,8,14-19H2,1H3,(H,37,38). The number of halogens is 1. The quantitative estimate of drug-likeness (QED) is 0.198. The zero-order valence-corrected chi connectivity index (χ0v) is 23.1. The molecule has 0 aliphatic heterocycles. The van der Waals surface area contributed by atoms with Crippen LogP contribution in [0.1, 0.15) is 55.2 Å². The first-order valence-electron chi connectivity index (χ1n) is 14.0. The molecule has 1 saturated carbocycles. The lowest BCUT2D eigenvalue weighted by molar-refractivity contribution is -0.144. The monoisotopic (exact) mass is 542 g/mol. The normalized spacial score (nSPS) is 24.1. The summed E-state index contributed by atoms with van der Waals surface area (Å²) < 4.78 is 6.29. The van der Waals surface area contributed by atoms with Gasteiger partial charge in [0.1, 0.15) is 11.3 Å². The molecule has 0 amide bonds. The third-order valence-corrected chi connectivity index (χ3v) is 9.47. The molecule has 4 aromatic rings. The summed E-state index contributed by atoms with van der Waals surface area (Å²) >= 11 is 6.19. The Balaban J connectivity index is 1.18. The van der Waals surface area contributed by atoms with Crippen LogP contribution in [0, 0.1) is 12.8 Å². The zero-order valence-electron chi connectivity index (χ0n) is 22.3. The van der Waals surface area contributed by atoms with E-state index in [9.17, 15) is 9.90 Å². The van der Waals surface area contributed by atoms with E-state index in [1.165, 1.54) is 16.7 Å². The van der Waals surface area contributed by atoms with Crippen molar-refractivity contribution in [3.05, 3.63) is 94.6 Å². The number of nitrogens with one attached hydrogen (secondary N) is 2. The molecule has 0 radical (unpaired) electrons. The molecule has 39 heavy (non-hydrogen) atoms. The fourth-order valence-electron chi connectivity index (χ4n) is 7.23. The van der Waals surface area contributed by atoms with E-state index in [-0.39, 0.29) is 5.41 Å². The molecular weight excluding hydrogens is 508 g/mol.